The van der Waals surface area contributed by atoms with Gasteiger partial charge in [-0.15, -0.1) is 0 Å². The Labute approximate surface area is 350 Å². The lowest BCUT2D eigenvalue weighted by Gasteiger charge is -2.19. The molecule has 0 atom stereocenters. The van der Waals surface area contributed by atoms with Gasteiger partial charge in [0.05, 0.1) is 48.1 Å². The van der Waals surface area contributed by atoms with Gasteiger partial charge in [0.25, 0.3) is 0 Å². The number of aromatic amines is 1. The van der Waals surface area contributed by atoms with Crippen LogP contribution in [0, 0.1) is 0 Å². The molecule has 310 valence electrons. The number of methoxy groups -OCH3 is 1. The van der Waals surface area contributed by atoms with Gasteiger partial charge in [-0.2, -0.15) is 10.2 Å². The summed E-state index contributed by atoms with van der Waals surface area (Å²) in [5, 5.41) is 10.4. The molecule has 0 aliphatic carbocycles. The van der Waals surface area contributed by atoms with E-state index in [1.165, 1.54) is 0 Å². The number of rotatable bonds is 11. The van der Waals surface area contributed by atoms with Crippen LogP contribution in [0.15, 0.2) is 97.6 Å². The number of nitrogens with two attached hydrogens (primary N) is 2. The van der Waals surface area contributed by atoms with E-state index in [4.69, 9.17) is 21.2 Å². The number of hydrogen-bond donors (Lipinski definition) is 3. The molecule has 61 heavy (non-hydrogen) atoms. The number of hydrogen-bond acceptors (Lipinski definition) is 11. The molecule has 0 spiro atoms. The number of imidazole rings is 2. The highest BCUT2D eigenvalue weighted by atomic mass is 16.5. The van der Waals surface area contributed by atoms with Crippen LogP contribution in [0.25, 0.3) is 55.2 Å². The summed E-state index contributed by atoms with van der Waals surface area (Å²) in [7, 11) is 1.65. The summed E-state index contributed by atoms with van der Waals surface area (Å²) in [6.45, 7) is 9.57. The number of carbonyl (C=O) groups is 2. The molecule has 5 N–H and O–H groups in total. The molecule has 3 aromatic carbocycles. The van der Waals surface area contributed by atoms with Gasteiger partial charge in [-0.25, -0.2) is 29.3 Å². The van der Waals surface area contributed by atoms with Crippen LogP contribution in [0.2, 0.25) is 0 Å². The van der Waals surface area contributed by atoms with Crippen molar-refractivity contribution in [2.45, 2.75) is 47.3 Å². The highest BCUT2D eigenvalue weighted by molar-refractivity contribution is 6.08. The summed E-state index contributed by atoms with van der Waals surface area (Å²) < 4.78 is 11.0. The Morgan fingerprint density at radius 2 is 1.31 bits per heavy atom. The maximum atomic E-state index is 12.2. The minimum absolute atomic E-state index is 0.00428. The van der Waals surface area contributed by atoms with E-state index in [9.17, 15) is 9.59 Å². The van der Waals surface area contributed by atoms with Crippen LogP contribution >= 0.6 is 0 Å². The zero-order valence-electron chi connectivity index (χ0n) is 34.6. The highest BCUT2D eigenvalue weighted by Crippen LogP contribution is 2.32. The number of nitrogen functional groups attached to an aromatic ring is 2. The first kappa shape index (κ1) is 40.0. The average Bonchev–Trinajstić information content (AvgIpc) is 4.10. The second kappa shape index (κ2) is 16.8. The number of aromatic nitrogens is 10. The van der Waals surface area contributed by atoms with Gasteiger partial charge in [-0.1, -0.05) is 12.1 Å². The van der Waals surface area contributed by atoms with Gasteiger partial charge >= 0.3 is 0 Å². The lowest BCUT2D eigenvalue weighted by atomic mass is 10.1. The van der Waals surface area contributed by atoms with Gasteiger partial charge in [-0.3, -0.25) is 9.59 Å². The number of fused-ring (bicyclic) bond motifs is 6. The number of ether oxygens (including phenoxy) is 1. The number of anilines is 2. The number of carbonyl (C=O) groups excluding carboxylic acids is 2. The number of nitrogens with zero attached hydrogens (tertiary/aromatic N) is 11. The van der Waals surface area contributed by atoms with Gasteiger partial charge in [-0.05, 0) is 80.1 Å². The second-order valence-electron chi connectivity index (χ2n) is 14.4. The minimum atomic E-state index is -0.00428. The molecule has 0 saturated carbocycles. The minimum Gasteiger partial charge on any atom is -0.497 e. The predicted octanol–water partition coefficient (Wildman–Crippen LogP) is 6.03. The zero-order chi connectivity index (χ0) is 42.8. The third-order valence-corrected chi connectivity index (χ3v) is 10.6. The van der Waals surface area contributed by atoms with Crippen molar-refractivity contribution in [1.29, 1.82) is 0 Å². The van der Waals surface area contributed by atoms with Gasteiger partial charge in [0.2, 0.25) is 11.8 Å². The fourth-order valence-corrected chi connectivity index (χ4v) is 7.40. The van der Waals surface area contributed by atoms with E-state index in [0.717, 1.165) is 61.4 Å². The number of nitrogens with one attached hydrogen (secondary N) is 1. The van der Waals surface area contributed by atoms with E-state index < -0.39 is 0 Å². The van der Waals surface area contributed by atoms with E-state index in [2.05, 4.69) is 34.7 Å². The van der Waals surface area contributed by atoms with Gasteiger partial charge in [0.1, 0.15) is 39.8 Å². The van der Waals surface area contributed by atoms with Gasteiger partial charge < -0.3 is 35.6 Å². The standard InChI is InChI=1S/C26H27N7O2.C18H19N7O/c1-4-31(17(2)34)16-23-30-24-25(32(23)15-18-6-9-20(35-3)10-7-18)21-11-8-19(33-13-5-12-28-33)14-22(21)29-26(24)27;1-3-24(11(2)26)10-15-22-16-13-6-5-12(25-8-4-7-20-25)9-14(13)21-18(19)17(16)23-15/h5-14H,4,15-16H2,1-3H3,(H2,27,29);4-9H,3,10H2,1-2H3,(H2,19,21)(H,22,23). The van der Waals surface area contributed by atoms with Gasteiger partial charge in [0.15, 0.2) is 5.82 Å². The third kappa shape index (κ3) is 8.00. The number of amides is 2. The van der Waals surface area contributed by atoms with Crippen molar-refractivity contribution >= 4 is 67.3 Å². The largest absolute Gasteiger partial charge is 0.497 e. The van der Waals surface area contributed by atoms with Crippen LogP contribution in [0.5, 0.6) is 5.75 Å². The first-order chi connectivity index (χ1) is 29.5. The van der Waals surface area contributed by atoms with Crippen LogP contribution in [-0.2, 0) is 29.2 Å². The number of pyridine rings is 2. The molecule has 6 heterocycles. The Morgan fingerprint density at radius 3 is 1.89 bits per heavy atom. The van der Waals surface area contributed by atoms with Crippen molar-refractivity contribution in [3.05, 3.63) is 115 Å². The molecule has 17 nitrogen and oxygen atoms in total. The van der Waals surface area contributed by atoms with Crippen molar-refractivity contribution in [2.75, 3.05) is 31.7 Å². The second-order valence-corrected chi connectivity index (χ2v) is 14.4. The molecular formula is C44H46N14O3. The molecule has 17 heteroatoms. The highest BCUT2D eigenvalue weighted by Gasteiger charge is 2.21. The van der Waals surface area contributed by atoms with Crippen LogP contribution in [0.4, 0.5) is 11.6 Å². The first-order valence-electron chi connectivity index (χ1n) is 19.8. The van der Waals surface area contributed by atoms with Crippen LogP contribution in [0.1, 0.15) is 44.9 Å². The summed E-state index contributed by atoms with van der Waals surface area (Å²) in [5.41, 5.74) is 19.9. The lowest BCUT2D eigenvalue weighted by molar-refractivity contribution is -0.130. The Balaban J connectivity index is 0.000000176. The maximum Gasteiger partial charge on any atom is 0.219 e. The Hall–Kier alpha value is -7.82. The van der Waals surface area contributed by atoms with Crippen molar-refractivity contribution in [3.8, 4) is 17.1 Å². The topological polar surface area (TPSA) is 210 Å². The van der Waals surface area contributed by atoms with Crippen LogP contribution in [0.3, 0.4) is 0 Å². The molecule has 0 unspecified atom stereocenters. The predicted molar refractivity (Wildman–Crippen MR) is 235 cm³/mol. The summed E-state index contributed by atoms with van der Waals surface area (Å²) in [4.78, 5) is 49.2. The zero-order valence-corrected chi connectivity index (χ0v) is 34.6. The molecule has 0 bridgehead atoms. The molecule has 9 aromatic rings. The van der Waals surface area contributed by atoms with Crippen molar-refractivity contribution in [3.63, 3.8) is 0 Å². The fourth-order valence-electron chi connectivity index (χ4n) is 7.40. The Morgan fingerprint density at radius 1 is 0.721 bits per heavy atom. The first-order valence-corrected chi connectivity index (χ1v) is 19.8. The SMILES string of the molecule is CCN(Cc1nc2c(N)nc3cc(-n4cccn4)ccc3c2n1Cc1ccc(OC)cc1)C(C)=O.CCN(Cc1nc2c([nH]1)c(N)nc1cc(-n3cccn3)ccc12)C(C)=O. The molecule has 9 rings (SSSR count). The quantitative estimate of drug-likeness (QED) is 0.137. The molecule has 6 aromatic heterocycles. The summed E-state index contributed by atoms with van der Waals surface area (Å²) in [5.74, 6) is 2.98. The van der Waals surface area contributed by atoms with Crippen molar-refractivity contribution < 1.29 is 14.3 Å². The van der Waals surface area contributed by atoms with E-state index in [-0.39, 0.29) is 11.8 Å². The third-order valence-electron chi connectivity index (χ3n) is 10.6. The molecule has 0 radical (unpaired) electrons. The summed E-state index contributed by atoms with van der Waals surface area (Å²) in [6.07, 6.45) is 7.22. The summed E-state index contributed by atoms with van der Waals surface area (Å²) in [6, 6.07) is 23.5. The average molecular weight is 819 g/mol. The van der Waals surface area contributed by atoms with E-state index in [1.807, 2.05) is 99.0 Å². The molecule has 2 amide bonds. The molecule has 0 aliphatic heterocycles. The van der Waals surface area contributed by atoms with E-state index >= 15 is 0 Å². The van der Waals surface area contributed by atoms with E-state index in [0.29, 0.717) is 61.2 Å². The summed E-state index contributed by atoms with van der Waals surface area (Å²) >= 11 is 0. The maximum absolute atomic E-state index is 12.2. The fraction of sp³-hybridized carbons (Fsp3) is 0.227. The van der Waals surface area contributed by atoms with Crippen molar-refractivity contribution in [2.24, 2.45) is 0 Å². The molecule has 0 saturated heterocycles. The Kier molecular flexibility index (Phi) is 11.0. The van der Waals surface area contributed by atoms with Crippen LogP contribution in [-0.4, -0.2) is 90.9 Å². The van der Waals surface area contributed by atoms with Gasteiger partial charge in [0, 0.05) is 69.0 Å². The van der Waals surface area contributed by atoms with Crippen LogP contribution < -0.4 is 16.2 Å². The van der Waals surface area contributed by atoms with Crippen molar-refractivity contribution in [1.82, 2.24) is 58.8 Å². The normalized spacial score (nSPS) is 11.3. The number of H-pyrrole nitrogens is 1. The molecule has 0 fully saturated rings. The van der Waals surface area contributed by atoms with E-state index in [1.54, 1.807) is 52.5 Å². The number of benzene rings is 3. The molecular weight excluding hydrogens is 773 g/mol. The monoisotopic (exact) mass is 818 g/mol. The smallest absolute Gasteiger partial charge is 0.219 e. The Bertz CT molecular complexity index is 3010. The lowest BCUT2D eigenvalue weighted by Crippen LogP contribution is -2.29. The molecule has 0 aliphatic rings.